The molecule has 126 valence electrons. The molecule has 0 aromatic heterocycles. The number of methoxy groups -OCH3 is 1. The maximum atomic E-state index is 12.7. The van der Waals surface area contributed by atoms with E-state index in [9.17, 15) is 13.2 Å². The molecule has 1 aromatic carbocycles. The molecule has 1 saturated heterocycles. The number of hydrogen-bond acceptors (Lipinski definition) is 5. The van der Waals surface area contributed by atoms with Crippen molar-refractivity contribution < 1.29 is 17.9 Å². The van der Waals surface area contributed by atoms with Gasteiger partial charge in [0.25, 0.3) is 0 Å². The second kappa shape index (κ2) is 6.22. The van der Waals surface area contributed by atoms with Crippen LogP contribution in [0.4, 0.5) is 0 Å². The predicted molar refractivity (Wildman–Crippen MR) is 86.2 cm³/mol. The average molecular weight is 338 g/mol. The minimum absolute atomic E-state index is 0.105. The molecule has 1 aromatic rings. The van der Waals surface area contributed by atoms with E-state index in [4.69, 9.17) is 5.73 Å². The Balaban J connectivity index is 1.73. The summed E-state index contributed by atoms with van der Waals surface area (Å²) in [5.74, 6) is 0.102. The Morgan fingerprint density at radius 3 is 2.83 bits per heavy atom. The highest BCUT2D eigenvalue weighted by Crippen LogP contribution is 2.38. The third kappa shape index (κ3) is 3.27. The van der Waals surface area contributed by atoms with Gasteiger partial charge in [-0.1, -0.05) is 12.1 Å². The fourth-order valence-corrected chi connectivity index (χ4v) is 5.30. The summed E-state index contributed by atoms with van der Waals surface area (Å²) in [6, 6.07) is 6.69. The molecule has 23 heavy (non-hydrogen) atoms. The number of sulfonamides is 1. The van der Waals surface area contributed by atoms with Gasteiger partial charge in [0.15, 0.2) is 0 Å². The van der Waals surface area contributed by atoms with Crippen LogP contribution in [-0.2, 0) is 20.5 Å². The van der Waals surface area contributed by atoms with E-state index in [1.165, 1.54) is 7.11 Å². The van der Waals surface area contributed by atoms with Crippen molar-refractivity contribution in [3.05, 3.63) is 35.4 Å². The molecule has 6 nitrogen and oxygen atoms in total. The van der Waals surface area contributed by atoms with Crippen molar-refractivity contribution in [2.45, 2.75) is 24.6 Å². The van der Waals surface area contributed by atoms with Gasteiger partial charge in [0.1, 0.15) is 0 Å². The monoisotopic (exact) mass is 338 g/mol. The lowest BCUT2D eigenvalue weighted by Crippen LogP contribution is -2.34. The van der Waals surface area contributed by atoms with Crippen molar-refractivity contribution >= 4 is 16.0 Å². The number of nitrogens with two attached hydrogens (primary N) is 1. The number of hydrogen-bond donors (Lipinski definition) is 1. The van der Waals surface area contributed by atoms with Crippen molar-refractivity contribution in [1.29, 1.82) is 0 Å². The highest BCUT2D eigenvalue weighted by molar-refractivity contribution is 7.88. The molecule has 2 fully saturated rings. The number of rotatable bonds is 4. The van der Waals surface area contributed by atoms with E-state index in [2.05, 4.69) is 4.74 Å². The summed E-state index contributed by atoms with van der Waals surface area (Å²) in [7, 11) is -2.10. The molecule has 1 aliphatic heterocycles. The minimum Gasteiger partial charge on any atom is -0.465 e. The molecule has 0 spiro atoms. The van der Waals surface area contributed by atoms with Crippen LogP contribution in [0.2, 0.25) is 0 Å². The number of fused-ring (bicyclic) bond motifs is 1. The van der Waals surface area contributed by atoms with Crippen LogP contribution in [0.1, 0.15) is 28.8 Å². The normalized spacial score (nSPS) is 27.8. The molecule has 2 aliphatic rings. The van der Waals surface area contributed by atoms with Crippen LogP contribution in [0.5, 0.6) is 0 Å². The SMILES string of the molecule is COC(=O)c1cccc(CS(=O)(=O)N2CC3CCC(N)C3C2)c1. The Labute approximate surface area is 136 Å². The van der Waals surface area contributed by atoms with Gasteiger partial charge in [0, 0.05) is 19.1 Å². The second-order valence-electron chi connectivity index (χ2n) is 6.43. The van der Waals surface area contributed by atoms with Crippen LogP contribution in [-0.4, -0.2) is 44.9 Å². The molecule has 0 amide bonds. The second-order valence-corrected chi connectivity index (χ2v) is 8.40. The minimum atomic E-state index is -3.40. The first kappa shape index (κ1) is 16.4. The zero-order chi connectivity index (χ0) is 16.6. The van der Waals surface area contributed by atoms with Gasteiger partial charge in [-0.15, -0.1) is 0 Å². The van der Waals surface area contributed by atoms with Crippen molar-refractivity contribution in [3.63, 3.8) is 0 Å². The predicted octanol–water partition coefficient (Wildman–Crippen LogP) is 0.972. The van der Waals surface area contributed by atoms with Gasteiger partial charge in [0.05, 0.1) is 18.4 Å². The number of carbonyl (C=O) groups excluding carboxylic acids is 1. The first-order chi connectivity index (χ1) is 10.9. The van der Waals surface area contributed by atoms with Gasteiger partial charge in [-0.05, 0) is 42.4 Å². The fourth-order valence-electron chi connectivity index (χ4n) is 3.70. The summed E-state index contributed by atoms with van der Waals surface area (Å²) in [6.45, 7) is 1.09. The summed E-state index contributed by atoms with van der Waals surface area (Å²) in [4.78, 5) is 11.6. The third-order valence-corrected chi connectivity index (χ3v) is 6.75. The fraction of sp³-hybridized carbons (Fsp3) is 0.562. The molecule has 1 saturated carbocycles. The number of ether oxygens (including phenoxy) is 1. The lowest BCUT2D eigenvalue weighted by Gasteiger charge is -2.18. The molecule has 0 bridgehead atoms. The van der Waals surface area contributed by atoms with Crippen LogP contribution in [0.15, 0.2) is 24.3 Å². The Bertz CT molecular complexity index is 704. The van der Waals surface area contributed by atoms with Gasteiger partial charge in [-0.25, -0.2) is 17.5 Å². The van der Waals surface area contributed by atoms with Crippen molar-refractivity contribution in [2.24, 2.45) is 17.6 Å². The first-order valence-corrected chi connectivity index (χ1v) is 9.42. The number of carbonyl (C=O) groups is 1. The van der Waals surface area contributed by atoms with E-state index >= 15 is 0 Å². The Morgan fingerprint density at radius 2 is 2.13 bits per heavy atom. The summed E-state index contributed by atoms with van der Waals surface area (Å²) in [6.07, 6.45) is 2.00. The van der Waals surface area contributed by atoms with Crippen LogP contribution in [0.3, 0.4) is 0 Å². The number of esters is 1. The zero-order valence-electron chi connectivity index (χ0n) is 13.1. The molecule has 1 heterocycles. The lowest BCUT2D eigenvalue weighted by molar-refractivity contribution is 0.0600. The zero-order valence-corrected chi connectivity index (χ0v) is 14.0. The molecule has 1 aliphatic carbocycles. The van der Waals surface area contributed by atoms with E-state index in [-0.39, 0.29) is 17.7 Å². The summed E-state index contributed by atoms with van der Waals surface area (Å²) in [5.41, 5.74) is 7.03. The van der Waals surface area contributed by atoms with Crippen LogP contribution < -0.4 is 5.73 Å². The smallest absolute Gasteiger partial charge is 0.337 e. The highest BCUT2D eigenvalue weighted by Gasteiger charge is 2.44. The average Bonchev–Trinajstić information content (AvgIpc) is 3.09. The molecule has 2 N–H and O–H groups in total. The van der Waals surface area contributed by atoms with E-state index < -0.39 is 16.0 Å². The van der Waals surface area contributed by atoms with Gasteiger partial charge < -0.3 is 10.5 Å². The quantitative estimate of drug-likeness (QED) is 0.826. The Kier molecular flexibility index (Phi) is 4.44. The summed E-state index contributed by atoms with van der Waals surface area (Å²) >= 11 is 0. The molecule has 3 unspecified atom stereocenters. The molecular formula is C16H22N2O4S. The van der Waals surface area contributed by atoms with E-state index in [0.717, 1.165) is 12.8 Å². The number of nitrogens with zero attached hydrogens (tertiary/aromatic N) is 1. The highest BCUT2D eigenvalue weighted by atomic mass is 32.2. The van der Waals surface area contributed by atoms with Crippen LogP contribution in [0, 0.1) is 11.8 Å². The largest absolute Gasteiger partial charge is 0.465 e. The molecule has 3 rings (SSSR count). The van der Waals surface area contributed by atoms with Gasteiger partial charge >= 0.3 is 5.97 Å². The molecular weight excluding hydrogens is 316 g/mol. The topological polar surface area (TPSA) is 89.7 Å². The molecule has 3 atom stereocenters. The van der Waals surface area contributed by atoms with E-state index in [0.29, 0.717) is 30.1 Å². The lowest BCUT2D eigenvalue weighted by atomic mass is 9.98. The molecule has 0 radical (unpaired) electrons. The Morgan fingerprint density at radius 1 is 1.35 bits per heavy atom. The van der Waals surface area contributed by atoms with Crippen LogP contribution >= 0.6 is 0 Å². The van der Waals surface area contributed by atoms with Gasteiger partial charge in [0.2, 0.25) is 10.0 Å². The van der Waals surface area contributed by atoms with E-state index in [1.54, 1.807) is 28.6 Å². The Hall–Kier alpha value is -1.44. The molecule has 7 heteroatoms. The first-order valence-electron chi connectivity index (χ1n) is 7.81. The van der Waals surface area contributed by atoms with Crippen molar-refractivity contribution in [3.8, 4) is 0 Å². The summed E-state index contributed by atoms with van der Waals surface area (Å²) in [5, 5.41) is 0. The van der Waals surface area contributed by atoms with Crippen LogP contribution in [0.25, 0.3) is 0 Å². The summed E-state index contributed by atoms with van der Waals surface area (Å²) < 4.78 is 31.6. The van der Waals surface area contributed by atoms with E-state index in [1.807, 2.05) is 0 Å². The standard InChI is InChI=1S/C16H22N2O4S/c1-22-16(19)12-4-2-3-11(7-12)10-23(20,21)18-8-13-5-6-15(17)14(13)9-18/h2-4,7,13-15H,5-6,8-10,17H2,1H3. The third-order valence-electron chi connectivity index (χ3n) is 4.97. The number of benzene rings is 1. The van der Waals surface area contributed by atoms with Gasteiger partial charge in [-0.3, -0.25) is 0 Å². The maximum Gasteiger partial charge on any atom is 0.337 e. The maximum absolute atomic E-state index is 12.7. The van der Waals surface area contributed by atoms with Gasteiger partial charge in [-0.2, -0.15) is 0 Å². The van der Waals surface area contributed by atoms with Crippen molar-refractivity contribution in [1.82, 2.24) is 4.31 Å². The van der Waals surface area contributed by atoms with Crippen molar-refractivity contribution in [2.75, 3.05) is 20.2 Å².